The molecule has 1 unspecified atom stereocenters. The maximum absolute atomic E-state index is 9.47. The fourth-order valence-electron chi connectivity index (χ4n) is 1.51. The number of benzene rings is 1. The van der Waals surface area contributed by atoms with Crippen molar-refractivity contribution in [2.45, 2.75) is 32.6 Å². The molecule has 72 valence electrons. The number of halogens is 1. The third kappa shape index (κ3) is 2.47. The normalized spacial score (nSPS) is 12.8. The van der Waals surface area contributed by atoms with Crippen molar-refractivity contribution in [1.29, 1.82) is 0 Å². The third-order valence-corrected chi connectivity index (χ3v) is 3.12. The molecule has 0 fully saturated rings. The summed E-state index contributed by atoms with van der Waals surface area (Å²) in [6, 6.07) is 5.65. The van der Waals surface area contributed by atoms with Crippen LogP contribution in [0, 0.1) is 0 Å². The van der Waals surface area contributed by atoms with Gasteiger partial charge in [-0.05, 0) is 39.9 Å². The molecule has 1 N–H and O–H groups in total. The minimum atomic E-state index is 0.334. The first-order valence-corrected chi connectivity index (χ1v) is 5.43. The molecule has 0 aromatic heterocycles. The summed E-state index contributed by atoms with van der Waals surface area (Å²) in [6.07, 6.45) is 2.32. The Morgan fingerprint density at radius 1 is 1.46 bits per heavy atom. The molecule has 1 nitrogen and oxygen atoms in total. The van der Waals surface area contributed by atoms with E-state index in [2.05, 4.69) is 35.8 Å². The van der Waals surface area contributed by atoms with Gasteiger partial charge in [0.05, 0.1) is 4.47 Å². The molecular formula is C11H15BrO. The van der Waals surface area contributed by atoms with Crippen LogP contribution in [0.4, 0.5) is 0 Å². The molecule has 0 amide bonds. The van der Waals surface area contributed by atoms with Crippen molar-refractivity contribution in [1.82, 2.24) is 0 Å². The van der Waals surface area contributed by atoms with E-state index in [1.165, 1.54) is 12.0 Å². The van der Waals surface area contributed by atoms with Crippen molar-refractivity contribution in [2.75, 3.05) is 0 Å². The fraction of sp³-hybridized carbons (Fsp3) is 0.455. The summed E-state index contributed by atoms with van der Waals surface area (Å²) in [6.45, 7) is 4.36. The number of rotatable bonds is 3. The lowest BCUT2D eigenvalue weighted by Gasteiger charge is -2.13. The van der Waals surface area contributed by atoms with Gasteiger partial charge in [-0.2, -0.15) is 0 Å². The Balaban J connectivity index is 2.93. The molecule has 1 aromatic carbocycles. The first kappa shape index (κ1) is 10.6. The molecule has 0 radical (unpaired) electrons. The number of phenolic OH excluding ortho intramolecular Hbond substituents is 1. The van der Waals surface area contributed by atoms with E-state index in [0.717, 1.165) is 10.9 Å². The monoisotopic (exact) mass is 242 g/mol. The van der Waals surface area contributed by atoms with Crippen LogP contribution < -0.4 is 0 Å². The molecular weight excluding hydrogens is 228 g/mol. The van der Waals surface area contributed by atoms with Gasteiger partial charge in [0, 0.05) is 0 Å². The lowest BCUT2D eigenvalue weighted by atomic mass is 9.96. The Kier molecular flexibility index (Phi) is 3.79. The van der Waals surface area contributed by atoms with E-state index in [1.54, 1.807) is 6.07 Å². The van der Waals surface area contributed by atoms with Gasteiger partial charge in [0.2, 0.25) is 0 Å². The number of phenols is 1. The molecule has 0 aliphatic heterocycles. The summed E-state index contributed by atoms with van der Waals surface area (Å²) >= 11 is 3.40. The Bertz CT molecular complexity index is 283. The summed E-state index contributed by atoms with van der Waals surface area (Å²) in [5, 5.41) is 9.47. The average molecular weight is 243 g/mol. The Morgan fingerprint density at radius 3 is 2.77 bits per heavy atom. The van der Waals surface area contributed by atoms with Crippen LogP contribution in [0.5, 0.6) is 5.75 Å². The maximum atomic E-state index is 9.47. The topological polar surface area (TPSA) is 20.2 Å². The van der Waals surface area contributed by atoms with Gasteiger partial charge in [-0.3, -0.25) is 0 Å². The van der Waals surface area contributed by atoms with Gasteiger partial charge in [0.1, 0.15) is 5.75 Å². The van der Waals surface area contributed by atoms with Gasteiger partial charge in [-0.1, -0.05) is 32.4 Å². The zero-order valence-electron chi connectivity index (χ0n) is 8.05. The highest BCUT2D eigenvalue weighted by Crippen LogP contribution is 2.33. The molecule has 1 rings (SSSR count). The van der Waals surface area contributed by atoms with Crippen LogP contribution in [-0.4, -0.2) is 5.11 Å². The Morgan fingerprint density at radius 2 is 2.15 bits per heavy atom. The summed E-state index contributed by atoms with van der Waals surface area (Å²) in [4.78, 5) is 0. The van der Waals surface area contributed by atoms with Crippen LogP contribution in [0.3, 0.4) is 0 Å². The van der Waals surface area contributed by atoms with Crippen molar-refractivity contribution in [3.63, 3.8) is 0 Å². The smallest absolute Gasteiger partial charge is 0.130 e. The summed E-state index contributed by atoms with van der Waals surface area (Å²) in [7, 11) is 0. The van der Waals surface area contributed by atoms with Gasteiger partial charge in [0.25, 0.3) is 0 Å². The zero-order valence-corrected chi connectivity index (χ0v) is 9.63. The summed E-state index contributed by atoms with van der Waals surface area (Å²) in [5.41, 5.74) is 1.20. The first-order chi connectivity index (χ1) is 6.16. The first-order valence-electron chi connectivity index (χ1n) is 4.64. The predicted octanol–water partition coefficient (Wildman–Crippen LogP) is 4.06. The Labute approximate surface area is 87.9 Å². The van der Waals surface area contributed by atoms with E-state index in [0.29, 0.717) is 11.7 Å². The van der Waals surface area contributed by atoms with Crippen LogP contribution in [0.1, 0.15) is 38.2 Å². The molecule has 0 spiro atoms. The average Bonchev–Trinajstić information content (AvgIpc) is 2.10. The molecule has 0 aliphatic rings. The van der Waals surface area contributed by atoms with E-state index in [4.69, 9.17) is 0 Å². The van der Waals surface area contributed by atoms with Crippen LogP contribution in [0.15, 0.2) is 22.7 Å². The van der Waals surface area contributed by atoms with Crippen LogP contribution in [-0.2, 0) is 0 Å². The van der Waals surface area contributed by atoms with E-state index in [-0.39, 0.29) is 0 Å². The van der Waals surface area contributed by atoms with Gasteiger partial charge in [-0.25, -0.2) is 0 Å². The van der Waals surface area contributed by atoms with Gasteiger partial charge < -0.3 is 5.11 Å². The highest BCUT2D eigenvalue weighted by Gasteiger charge is 2.10. The molecule has 0 bridgehead atoms. The van der Waals surface area contributed by atoms with Crippen molar-refractivity contribution in [3.05, 3.63) is 28.2 Å². The van der Waals surface area contributed by atoms with Crippen LogP contribution in [0.25, 0.3) is 0 Å². The van der Waals surface area contributed by atoms with Crippen molar-refractivity contribution >= 4 is 15.9 Å². The molecule has 13 heavy (non-hydrogen) atoms. The second-order valence-corrected chi connectivity index (χ2v) is 4.16. The van der Waals surface area contributed by atoms with E-state index < -0.39 is 0 Å². The second kappa shape index (κ2) is 4.66. The van der Waals surface area contributed by atoms with Crippen LogP contribution >= 0.6 is 15.9 Å². The molecule has 1 aromatic rings. The highest BCUT2D eigenvalue weighted by molar-refractivity contribution is 9.10. The minimum absolute atomic E-state index is 0.334. The van der Waals surface area contributed by atoms with Gasteiger partial charge >= 0.3 is 0 Å². The molecule has 0 heterocycles. The standard InChI is InChI=1S/C11H15BrO/c1-3-5-8(2)9-6-4-7-10(13)11(9)12/h4,6-8,13H,3,5H2,1-2H3. The zero-order chi connectivity index (χ0) is 9.84. The third-order valence-electron chi connectivity index (χ3n) is 2.26. The largest absolute Gasteiger partial charge is 0.507 e. The predicted molar refractivity (Wildman–Crippen MR) is 59.1 cm³/mol. The van der Waals surface area contributed by atoms with Crippen molar-refractivity contribution in [2.24, 2.45) is 0 Å². The fourth-order valence-corrected chi connectivity index (χ4v) is 2.16. The summed E-state index contributed by atoms with van der Waals surface area (Å²) < 4.78 is 0.843. The van der Waals surface area contributed by atoms with Crippen molar-refractivity contribution in [3.8, 4) is 5.75 Å². The second-order valence-electron chi connectivity index (χ2n) is 3.37. The lowest BCUT2D eigenvalue weighted by molar-refractivity contribution is 0.469. The number of hydrogen-bond donors (Lipinski definition) is 1. The molecule has 2 heteroatoms. The van der Waals surface area contributed by atoms with E-state index >= 15 is 0 Å². The van der Waals surface area contributed by atoms with Gasteiger partial charge in [0.15, 0.2) is 0 Å². The quantitative estimate of drug-likeness (QED) is 0.848. The lowest BCUT2D eigenvalue weighted by Crippen LogP contribution is -1.93. The van der Waals surface area contributed by atoms with E-state index in [1.807, 2.05) is 6.07 Å². The summed E-state index contributed by atoms with van der Waals surface area (Å²) in [5.74, 6) is 0.840. The van der Waals surface area contributed by atoms with E-state index in [9.17, 15) is 5.11 Å². The Hall–Kier alpha value is -0.500. The molecule has 0 saturated heterocycles. The number of aromatic hydroxyl groups is 1. The molecule has 1 atom stereocenters. The SMILES string of the molecule is CCCC(C)c1cccc(O)c1Br. The number of hydrogen-bond acceptors (Lipinski definition) is 1. The van der Waals surface area contributed by atoms with Crippen LogP contribution in [0.2, 0.25) is 0 Å². The van der Waals surface area contributed by atoms with Crippen molar-refractivity contribution < 1.29 is 5.11 Å². The molecule has 0 aliphatic carbocycles. The molecule has 0 saturated carbocycles. The maximum Gasteiger partial charge on any atom is 0.130 e. The van der Waals surface area contributed by atoms with Gasteiger partial charge in [-0.15, -0.1) is 0 Å². The highest BCUT2D eigenvalue weighted by atomic mass is 79.9. The minimum Gasteiger partial charge on any atom is -0.507 e.